The maximum atomic E-state index is 12.9. The van der Waals surface area contributed by atoms with Crippen molar-refractivity contribution in [3.05, 3.63) is 87.1 Å². The van der Waals surface area contributed by atoms with E-state index in [0.29, 0.717) is 18.8 Å². The maximum absolute atomic E-state index is 12.9. The van der Waals surface area contributed by atoms with Crippen molar-refractivity contribution in [3.63, 3.8) is 0 Å². The Hall–Kier alpha value is -2.44. The molecule has 0 fully saturated rings. The van der Waals surface area contributed by atoms with Gasteiger partial charge in [0.2, 0.25) is 0 Å². The first-order valence-electron chi connectivity index (χ1n) is 8.61. The molecule has 27 heavy (non-hydrogen) atoms. The Kier molecular flexibility index (Phi) is 5.09. The van der Waals surface area contributed by atoms with Crippen molar-refractivity contribution in [1.29, 1.82) is 0 Å². The Bertz CT molecular complexity index is 1100. The summed E-state index contributed by atoms with van der Waals surface area (Å²) in [5, 5.41) is 3.02. The Labute approximate surface area is 170 Å². The third kappa shape index (κ3) is 3.96. The van der Waals surface area contributed by atoms with Crippen molar-refractivity contribution in [2.75, 3.05) is 0 Å². The van der Waals surface area contributed by atoms with Gasteiger partial charge in [0.1, 0.15) is 5.69 Å². The molecular formula is C21H18BrN3OS. The number of aromatic nitrogens is 2. The van der Waals surface area contributed by atoms with Crippen LogP contribution in [0.4, 0.5) is 0 Å². The summed E-state index contributed by atoms with van der Waals surface area (Å²) >= 11 is 5.20. The monoisotopic (exact) mass is 439 g/mol. The predicted octanol–water partition coefficient (Wildman–Crippen LogP) is 5.15. The highest BCUT2D eigenvalue weighted by Gasteiger charge is 2.18. The number of pyridine rings is 1. The highest BCUT2D eigenvalue weighted by Crippen LogP contribution is 2.33. The van der Waals surface area contributed by atoms with E-state index in [-0.39, 0.29) is 5.91 Å². The molecule has 0 bridgehead atoms. The minimum atomic E-state index is -0.0704. The molecule has 4 nitrogen and oxygen atoms in total. The van der Waals surface area contributed by atoms with E-state index >= 15 is 0 Å². The van der Waals surface area contributed by atoms with Gasteiger partial charge in [-0.3, -0.25) is 9.78 Å². The first-order valence-corrected chi connectivity index (χ1v) is 10.2. The van der Waals surface area contributed by atoms with Gasteiger partial charge in [-0.15, -0.1) is 11.3 Å². The molecule has 0 saturated carbocycles. The number of benzene rings is 1. The van der Waals surface area contributed by atoms with Gasteiger partial charge in [-0.25, -0.2) is 0 Å². The lowest BCUT2D eigenvalue weighted by Gasteiger charge is -2.11. The zero-order valence-electron chi connectivity index (χ0n) is 14.8. The Morgan fingerprint density at radius 1 is 1.15 bits per heavy atom. The molecule has 3 aromatic heterocycles. The Morgan fingerprint density at radius 3 is 2.74 bits per heavy atom. The smallest absolute Gasteiger partial charge is 0.268 e. The quantitative estimate of drug-likeness (QED) is 0.467. The van der Waals surface area contributed by atoms with E-state index < -0.39 is 0 Å². The molecule has 0 radical (unpaired) electrons. The summed E-state index contributed by atoms with van der Waals surface area (Å²) in [7, 11) is 0. The van der Waals surface area contributed by atoms with Crippen molar-refractivity contribution >= 4 is 43.4 Å². The highest BCUT2D eigenvalue weighted by molar-refractivity contribution is 9.11. The second kappa shape index (κ2) is 7.66. The molecule has 1 N–H and O–H groups in total. The number of nitrogens with zero attached hydrogens (tertiary/aromatic N) is 2. The van der Waals surface area contributed by atoms with E-state index in [1.807, 2.05) is 18.2 Å². The molecule has 0 unspecified atom stereocenters. The van der Waals surface area contributed by atoms with Crippen LogP contribution in [0.25, 0.3) is 10.2 Å². The molecule has 6 heteroatoms. The maximum Gasteiger partial charge on any atom is 0.268 e. The number of carbonyl (C=O) groups is 1. The first-order chi connectivity index (χ1) is 13.1. The molecule has 0 saturated heterocycles. The van der Waals surface area contributed by atoms with Crippen molar-refractivity contribution in [2.45, 2.75) is 20.0 Å². The zero-order valence-corrected chi connectivity index (χ0v) is 17.2. The van der Waals surface area contributed by atoms with Crippen LogP contribution >= 0.6 is 27.3 Å². The van der Waals surface area contributed by atoms with Crippen molar-refractivity contribution in [1.82, 2.24) is 14.9 Å². The lowest BCUT2D eigenvalue weighted by molar-refractivity contribution is 0.0942. The molecule has 4 rings (SSSR count). The molecule has 0 spiro atoms. The fraction of sp³-hybridized carbons (Fsp3) is 0.143. The van der Waals surface area contributed by atoms with E-state index in [9.17, 15) is 4.79 Å². The van der Waals surface area contributed by atoms with Gasteiger partial charge in [-0.05, 0) is 58.2 Å². The molecule has 0 aliphatic heterocycles. The van der Waals surface area contributed by atoms with Crippen molar-refractivity contribution in [2.24, 2.45) is 0 Å². The molecule has 4 aromatic rings. The molecule has 1 amide bonds. The van der Waals surface area contributed by atoms with Gasteiger partial charge in [0.05, 0.1) is 14.0 Å². The van der Waals surface area contributed by atoms with Gasteiger partial charge in [-0.2, -0.15) is 0 Å². The number of fused-ring (bicyclic) bond motifs is 1. The summed E-state index contributed by atoms with van der Waals surface area (Å²) in [4.78, 5) is 16.9. The van der Waals surface area contributed by atoms with E-state index in [2.05, 4.69) is 68.1 Å². The lowest BCUT2D eigenvalue weighted by atomic mass is 10.1. The van der Waals surface area contributed by atoms with Crippen molar-refractivity contribution in [3.8, 4) is 0 Å². The molecule has 3 heterocycles. The Balaban J connectivity index is 1.65. The highest BCUT2D eigenvalue weighted by atomic mass is 79.9. The van der Waals surface area contributed by atoms with Crippen LogP contribution in [-0.4, -0.2) is 15.5 Å². The topological polar surface area (TPSA) is 46.9 Å². The average molecular weight is 440 g/mol. The van der Waals surface area contributed by atoms with Crippen LogP contribution in [-0.2, 0) is 13.1 Å². The van der Waals surface area contributed by atoms with E-state index in [1.54, 1.807) is 23.7 Å². The van der Waals surface area contributed by atoms with Gasteiger partial charge in [0.15, 0.2) is 0 Å². The predicted molar refractivity (Wildman–Crippen MR) is 113 cm³/mol. The second-order valence-corrected chi connectivity index (χ2v) is 8.91. The summed E-state index contributed by atoms with van der Waals surface area (Å²) < 4.78 is 4.26. The molecule has 0 atom stereocenters. The van der Waals surface area contributed by atoms with Crippen LogP contribution in [0.5, 0.6) is 0 Å². The number of rotatable bonds is 5. The number of aryl methyl sites for hydroxylation is 1. The SMILES string of the molecule is Cc1cccc(Cn2c(C(=O)NCc3ccncc3)cc3sc(Br)cc32)c1. The lowest BCUT2D eigenvalue weighted by Crippen LogP contribution is -2.25. The number of nitrogens with one attached hydrogen (secondary N) is 1. The van der Waals surface area contributed by atoms with Crippen LogP contribution in [0.3, 0.4) is 0 Å². The fourth-order valence-electron chi connectivity index (χ4n) is 3.14. The van der Waals surface area contributed by atoms with E-state index in [1.165, 1.54) is 11.1 Å². The second-order valence-electron chi connectivity index (χ2n) is 6.44. The molecule has 0 aliphatic rings. The summed E-state index contributed by atoms with van der Waals surface area (Å²) in [5.41, 5.74) is 5.17. The van der Waals surface area contributed by atoms with Gasteiger partial charge in [0, 0.05) is 25.5 Å². The van der Waals surface area contributed by atoms with Crippen LogP contribution in [0.1, 0.15) is 27.2 Å². The standard InChI is InChI=1S/C21H18BrN3OS/c1-14-3-2-4-16(9-14)13-25-17-11-20(22)27-19(17)10-18(25)21(26)24-12-15-5-7-23-8-6-15/h2-11H,12-13H2,1H3,(H,24,26). The number of amides is 1. The number of halogens is 1. The summed E-state index contributed by atoms with van der Waals surface area (Å²) in [6.45, 7) is 3.22. The van der Waals surface area contributed by atoms with Crippen LogP contribution in [0.15, 0.2) is 64.7 Å². The molecular weight excluding hydrogens is 422 g/mol. The van der Waals surface area contributed by atoms with Crippen LogP contribution in [0.2, 0.25) is 0 Å². The van der Waals surface area contributed by atoms with Crippen LogP contribution in [0, 0.1) is 6.92 Å². The van der Waals surface area contributed by atoms with Crippen molar-refractivity contribution < 1.29 is 4.79 Å². The number of thiophene rings is 1. The Morgan fingerprint density at radius 2 is 1.96 bits per heavy atom. The summed E-state index contributed by atoms with van der Waals surface area (Å²) in [6, 6.07) is 16.3. The molecule has 136 valence electrons. The fourth-order valence-corrected chi connectivity index (χ4v) is 4.70. The summed E-state index contributed by atoms with van der Waals surface area (Å²) in [6.07, 6.45) is 3.46. The van der Waals surface area contributed by atoms with Gasteiger partial charge in [0.25, 0.3) is 5.91 Å². The number of carbonyl (C=O) groups excluding carboxylic acids is 1. The van der Waals surface area contributed by atoms with E-state index in [4.69, 9.17) is 0 Å². The average Bonchev–Trinajstić information content (AvgIpc) is 3.18. The first kappa shape index (κ1) is 17.9. The molecule has 1 aromatic carbocycles. The zero-order chi connectivity index (χ0) is 18.8. The number of hydrogen-bond acceptors (Lipinski definition) is 3. The van der Waals surface area contributed by atoms with Crippen LogP contribution < -0.4 is 5.32 Å². The van der Waals surface area contributed by atoms with E-state index in [0.717, 1.165) is 19.6 Å². The minimum absolute atomic E-state index is 0.0704. The normalized spacial score (nSPS) is 11.0. The minimum Gasteiger partial charge on any atom is -0.347 e. The summed E-state index contributed by atoms with van der Waals surface area (Å²) in [5.74, 6) is -0.0704. The number of hydrogen-bond donors (Lipinski definition) is 1. The third-order valence-electron chi connectivity index (χ3n) is 4.42. The van der Waals surface area contributed by atoms with Gasteiger partial charge < -0.3 is 9.88 Å². The van der Waals surface area contributed by atoms with Gasteiger partial charge >= 0.3 is 0 Å². The molecule has 0 aliphatic carbocycles. The third-order valence-corrected chi connectivity index (χ3v) is 5.99. The largest absolute Gasteiger partial charge is 0.347 e. The van der Waals surface area contributed by atoms with Gasteiger partial charge in [-0.1, -0.05) is 29.8 Å².